The minimum atomic E-state index is -0.675. The molecule has 1 amide bonds. The molecule has 0 spiro atoms. The van der Waals surface area contributed by atoms with Crippen LogP contribution in [-0.4, -0.2) is 34.5 Å². The van der Waals surface area contributed by atoms with Crippen LogP contribution in [-0.2, 0) is 20.9 Å². The Balaban J connectivity index is 1.65. The van der Waals surface area contributed by atoms with Crippen molar-refractivity contribution in [3.8, 4) is 0 Å². The second-order valence-corrected chi connectivity index (χ2v) is 7.08. The van der Waals surface area contributed by atoms with E-state index in [0.29, 0.717) is 12.1 Å². The maximum atomic E-state index is 12.5. The van der Waals surface area contributed by atoms with Gasteiger partial charge in [-0.15, -0.1) is 11.3 Å². The van der Waals surface area contributed by atoms with Crippen LogP contribution in [0.2, 0.25) is 0 Å². The maximum Gasteiger partial charge on any atom is 0.354 e. The number of aromatic nitrogens is 1. The number of ether oxygens (including phenoxy) is 1. The van der Waals surface area contributed by atoms with Crippen molar-refractivity contribution in [3.63, 3.8) is 0 Å². The SMILES string of the molecule is Cc1cc(C(=O)COC(=O)C2=NNC(=O)CC2)c(C)n1Cc1cccs1. The van der Waals surface area contributed by atoms with Crippen molar-refractivity contribution in [2.75, 3.05) is 6.61 Å². The number of carbonyl (C=O) groups is 3. The van der Waals surface area contributed by atoms with Gasteiger partial charge in [0.1, 0.15) is 5.71 Å². The monoisotopic (exact) mass is 373 g/mol. The Labute approximate surface area is 154 Å². The van der Waals surface area contributed by atoms with Gasteiger partial charge in [-0.2, -0.15) is 5.10 Å². The van der Waals surface area contributed by atoms with E-state index in [-0.39, 0.29) is 36.9 Å². The van der Waals surface area contributed by atoms with Gasteiger partial charge in [-0.3, -0.25) is 9.59 Å². The van der Waals surface area contributed by atoms with Crippen LogP contribution in [0.3, 0.4) is 0 Å². The zero-order chi connectivity index (χ0) is 18.7. The third-order valence-electron chi connectivity index (χ3n) is 4.24. The molecule has 3 heterocycles. The first-order chi connectivity index (χ1) is 12.5. The average Bonchev–Trinajstić information content (AvgIpc) is 3.24. The first kappa shape index (κ1) is 18.1. The molecule has 0 radical (unpaired) electrons. The van der Waals surface area contributed by atoms with Crippen molar-refractivity contribution in [3.05, 3.63) is 45.4 Å². The molecule has 3 rings (SSSR count). The predicted octanol–water partition coefficient (Wildman–Crippen LogP) is 2.21. The quantitative estimate of drug-likeness (QED) is 0.621. The summed E-state index contributed by atoms with van der Waals surface area (Å²) in [6, 6.07) is 5.87. The molecule has 0 aliphatic carbocycles. The molecule has 1 N–H and O–H groups in total. The van der Waals surface area contributed by atoms with E-state index in [1.165, 1.54) is 4.88 Å². The van der Waals surface area contributed by atoms with E-state index < -0.39 is 5.97 Å². The number of thiophene rings is 1. The number of aryl methyl sites for hydroxylation is 1. The number of nitrogens with zero attached hydrogens (tertiary/aromatic N) is 2. The summed E-state index contributed by atoms with van der Waals surface area (Å²) in [5, 5.41) is 5.69. The van der Waals surface area contributed by atoms with E-state index in [4.69, 9.17) is 4.74 Å². The molecule has 0 saturated heterocycles. The van der Waals surface area contributed by atoms with Crippen LogP contribution in [0.1, 0.15) is 39.5 Å². The molecule has 0 saturated carbocycles. The topological polar surface area (TPSA) is 89.8 Å². The smallest absolute Gasteiger partial charge is 0.354 e. The van der Waals surface area contributed by atoms with Crippen molar-refractivity contribution in [1.29, 1.82) is 0 Å². The Morgan fingerprint density at radius 1 is 1.35 bits per heavy atom. The number of ketones is 1. The zero-order valence-corrected chi connectivity index (χ0v) is 15.4. The van der Waals surface area contributed by atoms with Crippen molar-refractivity contribution in [2.45, 2.75) is 33.2 Å². The molecule has 0 unspecified atom stereocenters. The Morgan fingerprint density at radius 2 is 2.15 bits per heavy atom. The van der Waals surface area contributed by atoms with Crippen LogP contribution in [0.25, 0.3) is 0 Å². The Morgan fingerprint density at radius 3 is 2.81 bits per heavy atom. The summed E-state index contributed by atoms with van der Waals surface area (Å²) >= 11 is 1.66. The van der Waals surface area contributed by atoms with Gasteiger partial charge in [0.2, 0.25) is 11.7 Å². The highest BCUT2D eigenvalue weighted by Gasteiger charge is 2.22. The van der Waals surface area contributed by atoms with Crippen molar-refractivity contribution >= 4 is 34.7 Å². The van der Waals surface area contributed by atoms with Gasteiger partial charge in [0, 0.05) is 34.7 Å². The van der Waals surface area contributed by atoms with Gasteiger partial charge in [-0.25, -0.2) is 10.2 Å². The third-order valence-corrected chi connectivity index (χ3v) is 5.10. The number of Topliss-reactive ketones (excluding diaryl/α,β-unsaturated/α-hetero) is 1. The maximum absolute atomic E-state index is 12.5. The summed E-state index contributed by atoms with van der Waals surface area (Å²) in [5.41, 5.74) is 4.73. The summed E-state index contributed by atoms with van der Waals surface area (Å²) in [6.45, 7) is 4.19. The zero-order valence-electron chi connectivity index (χ0n) is 14.6. The lowest BCUT2D eigenvalue weighted by Gasteiger charge is -2.11. The van der Waals surface area contributed by atoms with Crippen LogP contribution < -0.4 is 5.43 Å². The fraction of sp³-hybridized carbons (Fsp3) is 0.333. The first-order valence-electron chi connectivity index (χ1n) is 8.20. The highest BCUT2D eigenvalue weighted by molar-refractivity contribution is 7.09. The molecule has 0 fully saturated rings. The van der Waals surface area contributed by atoms with Gasteiger partial charge in [0.25, 0.3) is 0 Å². The number of carbonyl (C=O) groups excluding carboxylic acids is 3. The summed E-state index contributed by atoms with van der Waals surface area (Å²) in [6.07, 6.45) is 0.403. The number of amides is 1. The lowest BCUT2D eigenvalue weighted by molar-refractivity contribution is -0.134. The lowest BCUT2D eigenvalue weighted by atomic mass is 10.1. The normalized spacial score (nSPS) is 13.9. The molecule has 136 valence electrons. The van der Waals surface area contributed by atoms with Crippen LogP contribution in [0.5, 0.6) is 0 Å². The van der Waals surface area contributed by atoms with E-state index in [2.05, 4.69) is 21.2 Å². The van der Waals surface area contributed by atoms with E-state index in [1.807, 2.05) is 31.4 Å². The molecule has 2 aromatic rings. The van der Waals surface area contributed by atoms with Crippen LogP contribution in [0.4, 0.5) is 0 Å². The first-order valence-corrected chi connectivity index (χ1v) is 9.08. The van der Waals surface area contributed by atoms with E-state index in [0.717, 1.165) is 11.4 Å². The highest BCUT2D eigenvalue weighted by Crippen LogP contribution is 2.20. The molecule has 2 aromatic heterocycles. The van der Waals surface area contributed by atoms with Crippen LogP contribution >= 0.6 is 11.3 Å². The molecular formula is C18H19N3O4S. The van der Waals surface area contributed by atoms with E-state index in [9.17, 15) is 14.4 Å². The molecule has 7 nitrogen and oxygen atoms in total. The predicted molar refractivity (Wildman–Crippen MR) is 97.4 cm³/mol. The number of hydrogen-bond donors (Lipinski definition) is 1. The van der Waals surface area contributed by atoms with E-state index >= 15 is 0 Å². The van der Waals surface area contributed by atoms with Gasteiger partial charge < -0.3 is 9.30 Å². The van der Waals surface area contributed by atoms with Gasteiger partial charge in [0.15, 0.2) is 6.61 Å². The Hall–Kier alpha value is -2.74. The summed E-state index contributed by atoms with van der Waals surface area (Å²) in [7, 11) is 0. The second-order valence-electron chi connectivity index (χ2n) is 6.04. The van der Waals surface area contributed by atoms with Crippen LogP contribution in [0.15, 0.2) is 28.7 Å². The fourth-order valence-electron chi connectivity index (χ4n) is 2.80. The number of hydrazone groups is 1. The number of esters is 1. The molecule has 0 bridgehead atoms. The van der Waals surface area contributed by atoms with Crippen molar-refractivity contribution < 1.29 is 19.1 Å². The average molecular weight is 373 g/mol. The van der Waals surface area contributed by atoms with Crippen molar-refractivity contribution in [2.24, 2.45) is 5.10 Å². The third kappa shape index (κ3) is 3.91. The minimum Gasteiger partial charge on any atom is -0.453 e. The molecular weight excluding hydrogens is 354 g/mol. The lowest BCUT2D eigenvalue weighted by Crippen LogP contribution is -2.31. The van der Waals surface area contributed by atoms with Crippen LogP contribution in [0, 0.1) is 13.8 Å². The van der Waals surface area contributed by atoms with E-state index in [1.54, 1.807) is 11.3 Å². The molecule has 0 atom stereocenters. The Bertz CT molecular complexity index is 881. The summed E-state index contributed by atoms with van der Waals surface area (Å²) < 4.78 is 7.14. The fourth-order valence-corrected chi connectivity index (χ4v) is 3.49. The summed E-state index contributed by atoms with van der Waals surface area (Å²) in [4.78, 5) is 36.7. The standard InChI is InChI=1S/C18H19N3O4S/c1-11-8-14(12(2)21(11)9-13-4-3-7-26-13)16(22)10-25-18(24)15-5-6-17(23)20-19-15/h3-4,7-8H,5-6,9-10H2,1-2H3,(H,20,23). The largest absolute Gasteiger partial charge is 0.453 e. The van der Waals surface area contributed by atoms with Gasteiger partial charge in [-0.1, -0.05) is 6.07 Å². The molecule has 0 aromatic carbocycles. The van der Waals surface area contributed by atoms with Gasteiger partial charge in [0.05, 0.1) is 6.54 Å². The number of nitrogens with one attached hydrogen (secondary N) is 1. The second kappa shape index (κ2) is 7.65. The number of rotatable bonds is 6. The molecule has 8 heteroatoms. The van der Waals surface area contributed by atoms with Gasteiger partial charge in [-0.05, 0) is 31.4 Å². The minimum absolute atomic E-state index is 0.126. The Kier molecular flexibility index (Phi) is 5.32. The number of hydrogen-bond acceptors (Lipinski definition) is 6. The molecule has 1 aliphatic heterocycles. The molecule has 1 aliphatic rings. The van der Waals surface area contributed by atoms with Crippen molar-refractivity contribution in [1.82, 2.24) is 9.99 Å². The molecule has 26 heavy (non-hydrogen) atoms. The summed E-state index contributed by atoms with van der Waals surface area (Å²) in [5.74, 6) is -1.18. The highest BCUT2D eigenvalue weighted by atomic mass is 32.1. The van der Waals surface area contributed by atoms with Gasteiger partial charge >= 0.3 is 5.97 Å².